The third-order valence-corrected chi connectivity index (χ3v) is 6.19. The van der Waals surface area contributed by atoms with Crippen LogP contribution in [0.15, 0.2) is 48.5 Å². The van der Waals surface area contributed by atoms with Crippen molar-refractivity contribution in [1.82, 2.24) is 0 Å². The summed E-state index contributed by atoms with van der Waals surface area (Å²) in [6, 6.07) is 12.4. The van der Waals surface area contributed by atoms with Gasteiger partial charge in [0.25, 0.3) is 0 Å². The lowest BCUT2D eigenvalue weighted by molar-refractivity contribution is 0.0734. The molecule has 8 heteroatoms. The molecule has 0 aliphatic carbocycles. The molecule has 212 valence electrons. The lowest BCUT2D eigenvalue weighted by Crippen LogP contribution is -2.12. The molecule has 3 aromatic rings. The second-order valence-corrected chi connectivity index (χ2v) is 9.38. The number of halogens is 4. The second kappa shape index (κ2) is 15.0. The normalized spacial score (nSPS) is 11.4. The Kier molecular flexibility index (Phi) is 11.4. The molecule has 0 unspecified atom stereocenters. The van der Waals surface area contributed by atoms with Crippen LogP contribution < -0.4 is 14.2 Å². The highest BCUT2D eigenvalue weighted by Crippen LogP contribution is 2.30. The van der Waals surface area contributed by atoms with Crippen LogP contribution in [-0.4, -0.2) is 19.2 Å². The van der Waals surface area contributed by atoms with Crippen LogP contribution in [0.5, 0.6) is 17.2 Å². The van der Waals surface area contributed by atoms with Crippen molar-refractivity contribution >= 4 is 5.97 Å². The van der Waals surface area contributed by atoms with Gasteiger partial charge in [-0.25, -0.2) is 13.6 Å². The zero-order valence-corrected chi connectivity index (χ0v) is 22.8. The minimum Gasteiger partial charge on any atom is -0.494 e. The van der Waals surface area contributed by atoms with E-state index in [2.05, 4.69) is 18.8 Å². The van der Waals surface area contributed by atoms with E-state index < -0.39 is 40.6 Å². The molecule has 4 nitrogen and oxygen atoms in total. The van der Waals surface area contributed by atoms with Crippen LogP contribution >= 0.6 is 0 Å². The lowest BCUT2D eigenvalue weighted by Gasteiger charge is -2.13. The Bertz CT molecular complexity index is 1310. The van der Waals surface area contributed by atoms with E-state index in [1.807, 2.05) is 6.92 Å². The number of unbranched alkanes of at least 4 members (excludes halogenated alkanes) is 3. The van der Waals surface area contributed by atoms with Gasteiger partial charge in [-0.3, -0.25) is 0 Å². The van der Waals surface area contributed by atoms with Gasteiger partial charge in [-0.1, -0.05) is 58.3 Å². The van der Waals surface area contributed by atoms with E-state index in [0.29, 0.717) is 24.5 Å². The molecule has 3 rings (SSSR count). The van der Waals surface area contributed by atoms with Gasteiger partial charge >= 0.3 is 5.97 Å². The van der Waals surface area contributed by atoms with Crippen molar-refractivity contribution in [3.63, 3.8) is 0 Å². The van der Waals surface area contributed by atoms with E-state index in [9.17, 15) is 22.4 Å². The van der Waals surface area contributed by atoms with Gasteiger partial charge in [0.05, 0.1) is 18.8 Å². The van der Waals surface area contributed by atoms with Crippen molar-refractivity contribution in [3.8, 4) is 29.1 Å². The summed E-state index contributed by atoms with van der Waals surface area (Å²) in [4.78, 5) is 12.5. The van der Waals surface area contributed by atoms with Gasteiger partial charge in [0.15, 0.2) is 17.4 Å². The Morgan fingerprint density at radius 1 is 0.775 bits per heavy atom. The number of hydrogen-bond donors (Lipinski definition) is 0. The number of esters is 1. The van der Waals surface area contributed by atoms with Gasteiger partial charge < -0.3 is 14.2 Å². The fourth-order valence-electron chi connectivity index (χ4n) is 3.50. The standard InChI is InChI=1S/C32H32F4O4/c1-4-6-7-8-19-38-24-14-16-25(17-15-24)40-32(37)23-12-9-22(10-13-23)11-18-26-27(33)29(35)31(30(36)28(26)34)39-20-21(3)5-2/h9-10,12-17,21H,4-8,19-20H2,1-3H3/t21-/m0/s1. The van der Waals surface area contributed by atoms with Crippen molar-refractivity contribution in [2.45, 2.75) is 52.9 Å². The Morgan fingerprint density at radius 2 is 1.40 bits per heavy atom. The first-order valence-electron chi connectivity index (χ1n) is 13.3. The van der Waals surface area contributed by atoms with E-state index in [4.69, 9.17) is 14.2 Å². The highest BCUT2D eigenvalue weighted by atomic mass is 19.2. The van der Waals surface area contributed by atoms with Crippen LogP contribution in [0.25, 0.3) is 0 Å². The molecular weight excluding hydrogens is 524 g/mol. The van der Waals surface area contributed by atoms with Gasteiger partial charge in [0.2, 0.25) is 11.6 Å². The molecule has 3 aromatic carbocycles. The number of carbonyl (C=O) groups excluding carboxylic acids is 1. The van der Waals surface area contributed by atoms with Crippen molar-refractivity contribution in [2.75, 3.05) is 13.2 Å². The maximum Gasteiger partial charge on any atom is 0.343 e. The first kappa shape index (κ1) is 30.6. The monoisotopic (exact) mass is 556 g/mol. The maximum absolute atomic E-state index is 14.5. The minimum absolute atomic E-state index is 0.0605. The Morgan fingerprint density at radius 3 is 2.00 bits per heavy atom. The van der Waals surface area contributed by atoms with Gasteiger partial charge in [0, 0.05) is 5.56 Å². The van der Waals surface area contributed by atoms with E-state index >= 15 is 0 Å². The molecular formula is C32H32F4O4. The largest absolute Gasteiger partial charge is 0.494 e. The predicted octanol–water partition coefficient (Wildman–Crippen LogP) is 8.25. The average molecular weight is 557 g/mol. The van der Waals surface area contributed by atoms with Crippen LogP contribution in [0.3, 0.4) is 0 Å². The number of benzene rings is 3. The quantitative estimate of drug-likeness (QED) is 0.0563. The van der Waals surface area contributed by atoms with E-state index in [0.717, 1.165) is 19.3 Å². The molecule has 0 amide bonds. The zero-order valence-electron chi connectivity index (χ0n) is 22.8. The maximum atomic E-state index is 14.5. The molecule has 0 heterocycles. The number of carbonyl (C=O) groups is 1. The zero-order chi connectivity index (χ0) is 29.1. The van der Waals surface area contributed by atoms with Gasteiger partial charge in [-0.05, 0) is 60.9 Å². The first-order chi connectivity index (χ1) is 19.2. The summed E-state index contributed by atoms with van der Waals surface area (Å²) in [6.07, 6.45) is 5.08. The molecule has 0 saturated carbocycles. The molecule has 40 heavy (non-hydrogen) atoms. The second-order valence-electron chi connectivity index (χ2n) is 9.38. The minimum atomic E-state index is -1.64. The van der Waals surface area contributed by atoms with Crippen LogP contribution in [0.2, 0.25) is 0 Å². The highest BCUT2D eigenvalue weighted by Gasteiger charge is 2.26. The van der Waals surface area contributed by atoms with Gasteiger partial charge in [-0.15, -0.1) is 0 Å². The molecule has 0 bridgehead atoms. The van der Waals surface area contributed by atoms with Crippen molar-refractivity contribution in [3.05, 3.63) is 88.5 Å². The van der Waals surface area contributed by atoms with E-state index in [1.54, 1.807) is 31.2 Å². The van der Waals surface area contributed by atoms with E-state index in [-0.39, 0.29) is 23.7 Å². The summed E-state index contributed by atoms with van der Waals surface area (Å²) < 4.78 is 73.8. The molecule has 0 aromatic heterocycles. The van der Waals surface area contributed by atoms with Crippen molar-refractivity contribution in [1.29, 1.82) is 0 Å². The summed E-state index contributed by atoms with van der Waals surface area (Å²) in [7, 11) is 0. The van der Waals surface area contributed by atoms with Crippen LogP contribution in [0, 0.1) is 41.0 Å². The molecule has 0 aliphatic heterocycles. The first-order valence-corrected chi connectivity index (χ1v) is 13.3. The summed E-state index contributed by atoms with van der Waals surface area (Å²) >= 11 is 0. The number of hydrogen-bond acceptors (Lipinski definition) is 4. The van der Waals surface area contributed by atoms with E-state index in [1.165, 1.54) is 30.7 Å². The van der Waals surface area contributed by atoms with Crippen molar-refractivity contribution in [2.24, 2.45) is 5.92 Å². The molecule has 0 spiro atoms. The highest BCUT2D eigenvalue weighted by molar-refractivity contribution is 5.91. The third-order valence-electron chi connectivity index (χ3n) is 6.19. The summed E-state index contributed by atoms with van der Waals surface area (Å²) in [5.74, 6) is -2.75. The fourth-order valence-corrected chi connectivity index (χ4v) is 3.50. The van der Waals surface area contributed by atoms with Crippen LogP contribution in [-0.2, 0) is 0 Å². The van der Waals surface area contributed by atoms with Gasteiger partial charge in [0.1, 0.15) is 17.1 Å². The molecule has 0 fully saturated rings. The molecule has 1 atom stereocenters. The Balaban J connectivity index is 1.64. The third kappa shape index (κ3) is 8.25. The van der Waals surface area contributed by atoms with Crippen molar-refractivity contribution < 1.29 is 36.6 Å². The number of ether oxygens (including phenoxy) is 3. The topological polar surface area (TPSA) is 44.8 Å². The molecule has 0 saturated heterocycles. The predicted molar refractivity (Wildman–Crippen MR) is 145 cm³/mol. The summed E-state index contributed by atoms with van der Waals surface area (Å²) in [6.45, 7) is 6.29. The smallest absolute Gasteiger partial charge is 0.343 e. The SMILES string of the molecule is CCCCCCOc1ccc(OC(=O)c2ccc(C#Cc3c(F)c(F)c(OC[C@@H](C)CC)c(F)c3F)cc2)cc1. The average Bonchev–Trinajstić information content (AvgIpc) is 2.97. The van der Waals surface area contributed by atoms with Crippen LogP contribution in [0.1, 0.15) is 74.4 Å². The molecule has 0 N–H and O–H groups in total. The summed E-state index contributed by atoms with van der Waals surface area (Å²) in [5.41, 5.74) is -0.587. The Hall–Kier alpha value is -3.99. The van der Waals surface area contributed by atoms with Gasteiger partial charge in [-0.2, -0.15) is 8.78 Å². The molecule has 0 radical (unpaired) electrons. The Labute approximate surface area is 232 Å². The van der Waals surface area contributed by atoms with Crippen LogP contribution in [0.4, 0.5) is 17.6 Å². The lowest BCUT2D eigenvalue weighted by atomic mass is 10.1. The number of rotatable bonds is 12. The molecule has 0 aliphatic rings. The fraction of sp³-hybridized carbons (Fsp3) is 0.344. The summed E-state index contributed by atoms with van der Waals surface area (Å²) in [5, 5.41) is 0.